The second-order valence-electron chi connectivity index (χ2n) is 3.77. The van der Waals surface area contributed by atoms with Gasteiger partial charge in [0.15, 0.2) is 0 Å². The van der Waals surface area contributed by atoms with E-state index in [4.69, 9.17) is 11.6 Å². The van der Waals surface area contributed by atoms with Crippen molar-refractivity contribution in [1.29, 1.82) is 0 Å². The van der Waals surface area contributed by atoms with Crippen molar-refractivity contribution in [3.8, 4) is 0 Å². The van der Waals surface area contributed by atoms with E-state index in [1.54, 1.807) is 11.3 Å². The summed E-state index contributed by atoms with van der Waals surface area (Å²) >= 11 is 11.5. The second-order valence-corrected chi connectivity index (χ2v) is 6.73. The molecule has 0 saturated heterocycles. The Kier molecular flexibility index (Phi) is 4.62. The van der Waals surface area contributed by atoms with E-state index in [0.29, 0.717) is 0 Å². The maximum Gasteiger partial charge on any atom is 0.0701 e. The fourth-order valence-electron chi connectivity index (χ4n) is 1.79. The molecule has 2 rings (SSSR count). The molecule has 1 nitrogen and oxygen atoms in total. The average molecular weight is 331 g/mol. The minimum atomic E-state index is 0.259. The van der Waals surface area contributed by atoms with Crippen molar-refractivity contribution in [1.82, 2.24) is 5.32 Å². The molecule has 2 aromatic rings. The van der Waals surface area contributed by atoms with Crippen LogP contribution in [0.5, 0.6) is 0 Å². The summed E-state index contributed by atoms with van der Waals surface area (Å²) in [6.07, 6.45) is 0.955. The van der Waals surface area contributed by atoms with Crippen molar-refractivity contribution in [3.63, 3.8) is 0 Å². The van der Waals surface area contributed by atoms with E-state index < -0.39 is 0 Å². The summed E-state index contributed by atoms with van der Waals surface area (Å²) in [5, 5.41) is 4.15. The molecular weight excluding hydrogens is 318 g/mol. The fourth-order valence-corrected chi connectivity index (χ4v) is 3.58. The smallest absolute Gasteiger partial charge is 0.0701 e. The van der Waals surface area contributed by atoms with Gasteiger partial charge in [-0.2, -0.15) is 0 Å². The number of hydrogen-bond acceptors (Lipinski definition) is 2. The molecule has 0 radical (unpaired) electrons. The van der Waals surface area contributed by atoms with Gasteiger partial charge in [0.25, 0.3) is 0 Å². The number of benzene rings is 1. The molecule has 1 N–H and O–H groups in total. The van der Waals surface area contributed by atoms with Crippen LogP contribution in [0.25, 0.3) is 0 Å². The summed E-state index contributed by atoms with van der Waals surface area (Å²) in [6, 6.07) is 12.5. The zero-order valence-corrected chi connectivity index (χ0v) is 12.6. The molecule has 1 unspecified atom stereocenters. The lowest BCUT2D eigenvalue weighted by molar-refractivity contribution is 0.597. The Morgan fingerprint density at radius 2 is 2.06 bits per heavy atom. The van der Waals surface area contributed by atoms with E-state index in [9.17, 15) is 0 Å². The summed E-state index contributed by atoms with van der Waals surface area (Å²) in [6.45, 7) is 0. The van der Waals surface area contributed by atoms with Crippen LogP contribution in [-0.4, -0.2) is 7.05 Å². The van der Waals surface area contributed by atoms with Crippen LogP contribution >= 0.6 is 38.9 Å². The lowest BCUT2D eigenvalue weighted by Crippen LogP contribution is -2.18. The van der Waals surface area contributed by atoms with Crippen molar-refractivity contribution in [2.24, 2.45) is 0 Å². The molecule has 0 bridgehead atoms. The molecule has 4 heteroatoms. The highest BCUT2D eigenvalue weighted by atomic mass is 79.9. The van der Waals surface area contributed by atoms with Gasteiger partial charge in [-0.3, -0.25) is 0 Å². The first kappa shape index (κ1) is 13.1. The Morgan fingerprint density at radius 3 is 2.65 bits per heavy atom. The molecule has 0 aliphatic rings. The minimum absolute atomic E-state index is 0.259. The first-order valence-electron chi connectivity index (χ1n) is 5.36. The quantitative estimate of drug-likeness (QED) is 0.859. The van der Waals surface area contributed by atoms with E-state index >= 15 is 0 Å². The first-order chi connectivity index (χ1) is 8.20. The third-order valence-electron chi connectivity index (χ3n) is 2.66. The molecule has 90 valence electrons. The topological polar surface area (TPSA) is 12.0 Å². The highest BCUT2D eigenvalue weighted by Crippen LogP contribution is 2.29. The molecule has 1 aromatic heterocycles. The van der Waals surface area contributed by atoms with E-state index in [0.717, 1.165) is 17.0 Å². The molecule has 0 spiro atoms. The second kappa shape index (κ2) is 6.01. The zero-order chi connectivity index (χ0) is 12.3. The molecule has 17 heavy (non-hydrogen) atoms. The average Bonchev–Trinajstić information content (AvgIpc) is 2.73. The van der Waals surface area contributed by atoms with Crippen LogP contribution in [-0.2, 0) is 6.42 Å². The summed E-state index contributed by atoms with van der Waals surface area (Å²) in [5.41, 5.74) is 1.15. The Balaban J connectivity index is 2.20. The SMILES string of the molecule is CNC(Cc1ccc(Br)s1)c1ccccc1Cl. The Morgan fingerprint density at radius 1 is 1.29 bits per heavy atom. The number of rotatable bonds is 4. The van der Waals surface area contributed by atoms with Gasteiger partial charge >= 0.3 is 0 Å². The number of thiophene rings is 1. The van der Waals surface area contributed by atoms with Crippen LogP contribution in [0.3, 0.4) is 0 Å². The number of likely N-dealkylation sites (N-methyl/N-ethyl adjacent to an activating group) is 1. The number of halogens is 2. The van der Waals surface area contributed by atoms with Crippen molar-refractivity contribution >= 4 is 38.9 Å². The zero-order valence-electron chi connectivity index (χ0n) is 9.41. The van der Waals surface area contributed by atoms with Crippen molar-refractivity contribution in [2.75, 3.05) is 7.05 Å². The van der Waals surface area contributed by atoms with Crippen molar-refractivity contribution in [2.45, 2.75) is 12.5 Å². The van der Waals surface area contributed by atoms with Crippen LogP contribution in [0.1, 0.15) is 16.5 Å². The summed E-state index contributed by atoms with van der Waals surface area (Å²) < 4.78 is 1.17. The lowest BCUT2D eigenvalue weighted by Gasteiger charge is -2.17. The van der Waals surface area contributed by atoms with Gasteiger partial charge in [-0.05, 0) is 46.7 Å². The normalized spacial score (nSPS) is 12.6. The minimum Gasteiger partial charge on any atom is -0.313 e. The third kappa shape index (κ3) is 3.32. The van der Waals surface area contributed by atoms with Crippen molar-refractivity contribution in [3.05, 3.63) is 55.6 Å². The molecule has 1 aromatic carbocycles. The number of hydrogen-bond donors (Lipinski definition) is 1. The fraction of sp³-hybridized carbons (Fsp3) is 0.231. The van der Waals surface area contributed by atoms with Gasteiger partial charge in [-0.1, -0.05) is 29.8 Å². The van der Waals surface area contributed by atoms with Gasteiger partial charge in [0, 0.05) is 22.4 Å². The maximum absolute atomic E-state index is 6.22. The highest BCUT2D eigenvalue weighted by Gasteiger charge is 2.13. The Bertz CT molecular complexity index is 498. The maximum atomic E-state index is 6.22. The molecule has 0 fully saturated rings. The van der Waals surface area contributed by atoms with Crippen LogP contribution in [0.15, 0.2) is 40.2 Å². The molecular formula is C13H13BrClNS. The monoisotopic (exact) mass is 329 g/mol. The van der Waals surface area contributed by atoms with Crippen LogP contribution < -0.4 is 5.32 Å². The van der Waals surface area contributed by atoms with Crippen LogP contribution in [0, 0.1) is 0 Å². The van der Waals surface area contributed by atoms with Crippen LogP contribution in [0.2, 0.25) is 5.02 Å². The van der Waals surface area contributed by atoms with E-state index in [-0.39, 0.29) is 6.04 Å². The standard InChI is InChI=1S/C13H13BrClNS/c1-16-12(8-9-6-7-13(14)17-9)10-4-2-3-5-11(10)15/h2-7,12,16H,8H2,1H3. The van der Waals surface area contributed by atoms with Gasteiger partial charge in [0.2, 0.25) is 0 Å². The predicted octanol–water partition coefficient (Wildman–Crippen LogP) is 4.67. The first-order valence-corrected chi connectivity index (χ1v) is 7.35. The molecule has 1 atom stereocenters. The summed E-state index contributed by atoms with van der Waals surface area (Å²) in [7, 11) is 1.97. The highest BCUT2D eigenvalue weighted by molar-refractivity contribution is 9.11. The van der Waals surface area contributed by atoms with Gasteiger partial charge in [-0.15, -0.1) is 11.3 Å². The van der Waals surface area contributed by atoms with E-state index in [1.165, 1.54) is 8.66 Å². The van der Waals surface area contributed by atoms with E-state index in [1.807, 2.05) is 25.2 Å². The summed E-state index contributed by atoms with van der Waals surface area (Å²) in [5.74, 6) is 0. The summed E-state index contributed by atoms with van der Waals surface area (Å²) in [4.78, 5) is 1.34. The van der Waals surface area contributed by atoms with Gasteiger partial charge < -0.3 is 5.32 Å². The largest absolute Gasteiger partial charge is 0.313 e. The van der Waals surface area contributed by atoms with Crippen LogP contribution in [0.4, 0.5) is 0 Å². The molecule has 0 aliphatic heterocycles. The van der Waals surface area contributed by atoms with E-state index in [2.05, 4.69) is 39.4 Å². The lowest BCUT2D eigenvalue weighted by atomic mass is 10.0. The van der Waals surface area contributed by atoms with Gasteiger partial charge in [0.1, 0.15) is 0 Å². The van der Waals surface area contributed by atoms with Gasteiger partial charge in [-0.25, -0.2) is 0 Å². The Labute approximate surface area is 119 Å². The number of nitrogens with one attached hydrogen (secondary N) is 1. The molecule has 0 amide bonds. The van der Waals surface area contributed by atoms with Crippen molar-refractivity contribution < 1.29 is 0 Å². The Hall–Kier alpha value is -0.350. The molecule has 1 heterocycles. The van der Waals surface area contributed by atoms with Gasteiger partial charge in [0.05, 0.1) is 3.79 Å². The molecule has 0 aliphatic carbocycles. The predicted molar refractivity (Wildman–Crippen MR) is 79.0 cm³/mol. The molecule has 0 saturated carbocycles. The third-order valence-corrected chi connectivity index (χ3v) is 4.65.